The van der Waals surface area contributed by atoms with Gasteiger partial charge in [0.1, 0.15) is 5.54 Å². The minimum Gasteiger partial charge on any atom is -0.480 e. The van der Waals surface area contributed by atoms with Gasteiger partial charge in [-0.15, -0.1) is 11.8 Å². The smallest absolute Gasteiger partial charge is 0.323 e. The number of hydrogen-bond acceptors (Lipinski definition) is 4. The molecule has 1 aromatic carbocycles. The van der Waals surface area contributed by atoms with Crippen LogP contribution in [0.1, 0.15) is 20.8 Å². The molecule has 21 heavy (non-hydrogen) atoms. The Hall–Kier alpha value is -1.53. The first-order valence-corrected chi connectivity index (χ1v) is 7.96. The molecule has 0 bridgehead atoms. The number of nitrogens with zero attached hydrogens (tertiary/aromatic N) is 1. The molecule has 0 aliphatic rings. The molecule has 0 saturated heterocycles. The lowest BCUT2D eigenvalue weighted by Gasteiger charge is -2.33. The highest BCUT2D eigenvalue weighted by atomic mass is 32.2. The lowest BCUT2D eigenvalue weighted by molar-refractivity contribution is -0.149. The van der Waals surface area contributed by atoms with E-state index in [2.05, 4.69) is 5.32 Å². The van der Waals surface area contributed by atoms with E-state index >= 15 is 0 Å². The fourth-order valence-electron chi connectivity index (χ4n) is 1.95. The van der Waals surface area contributed by atoms with Gasteiger partial charge in [0.15, 0.2) is 0 Å². The summed E-state index contributed by atoms with van der Waals surface area (Å²) in [4.78, 5) is 26.1. The van der Waals surface area contributed by atoms with Gasteiger partial charge in [0.2, 0.25) is 5.91 Å². The van der Waals surface area contributed by atoms with Gasteiger partial charge in [-0.3, -0.25) is 14.5 Å². The molecule has 116 valence electrons. The number of para-hydroxylation sites is 1. The number of nitrogens with one attached hydrogen (secondary N) is 1. The molecule has 6 heteroatoms. The van der Waals surface area contributed by atoms with E-state index in [-0.39, 0.29) is 12.5 Å². The topological polar surface area (TPSA) is 69.6 Å². The average molecular weight is 310 g/mol. The second-order valence-corrected chi connectivity index (χ2v) is 5.97. The van der Waals surface area contributed by atoms with E-state index in [1.54, 1.807) is 30.5 Å². The lowest BCUT2D eigenvalue weighted by Crippen LogP contribution is -2.52. The molecule has 0 saturated carbocycles. The molecule has 2 N–H and O–H groups in total. The Kier molecular flexibility index (Phi) is 6.23. The molecule has 1 aromatic rings. The number of thioether (sulfide) groups is 1. The number of carbonyl (C=O) groups is 2. The van der Waals surface area contributed by atoms with Crippen molar-refractivity contribution >= 4 is 29.3 Å². The number of amides is 1. The number of rotatable bonds is 7. The first kappa shape index (κ1) is 17.5. The zero-order valence-corrected chi connectivity index (χ0v) is 13.7. The third-order valence-corrected chi connectivity index (χ3v) is 4.21. The molecule has 0 heterocycles. The van der Waals surface area contributed by atoms with E-state index in [4.69, 9.17) is 0 Å². The second-order valence-electron chi connectivity index (χ2n) is 5.13. The third kappa shape index (κ3) is 4.47. The van der Waals surface area contributed by atoms with Gasteiger partial charge in [0, 0.05) is 4.90 Å². The number of benzene rings is 1. The molecule has 0 aliphatic heterocycles. The minimum atomic E-state index is -1.08. The number of anilines is 1. The Balaban J connectivity index is 2.78. The van der Waals surface area contributed by atoms with E-state index in [0.29, 0.717) is 6.54 Å². The predicted octanol–water partition coefficient (Wildman–Crippen LogP) is 2.53. The largest absolute Gasteiger partial charge is 0.480 e. The van der Waals surface area contributed by atoms with Gasteiger partial charge in [-0.25, -0.2) is 0 Å². The summed E-state index contributed by atoms with van der Waals surface area (Å²) < 4.78 is 0. The van der Waals surface area contributed by atoms with Crippen molar-refractivity contribution in [3.05, 3.63) is 24.3 Å². The van der Waals surface area contributed by atoms with Crippen molar-refractivity contribution in [2.24, 2.45) is 0 Å². The van der Waals surface area contributed by atoms with Crippen molar-refractivity contribution < 1.29 is 14.7 Å². The average Bonchev–Trinajstić information content (AvgIpc) is 2.44. The van der Waals surface area contributed by atoms with E-state index in [0.717, 1.165) is 10.6 Å². The first-order chi connectivity index (χ1) is 9.82. The summed E-state index contributed by atoms with van der Waals surface area (Å²) in [6, 6.07) is 7.53. The van der Waals surface area contributed by atoms with Crippen LogP contribution in [0, 0.1) is 0 Å². The summed E-state index contributed by atoms with van der Waals surface area (Å²) in [5.41, 5.74) is -0.329. The molecule has 0 spiro atoms. The summed E-state index contributed by atoms with van der Waals surface area (Å²) in [6.07, 6.45) is 1.94. The second kappa shape index (κ2) is 7.47. The van der Waals surface area contributed by atoms with Gasteiger partial charge in [0.05, 0.1) is 12.2 Å². The van der Waals surface area contributed by atoms with Crippen LogP contribution in [-0.4, -0.2) is 46.8 Å². The zero-order chi connectivity index (χ0) is 16.0. The quantitative estimate of drug-likeness (QED) is 0.757. The molecule has 0 unspecified atom stereocenters. The number of carboxylic acids is 1. The maximum atomic E-state index is 12.2. The Morgan fingerprint density at radius 2 is 1.95 bits per heavy atom. The van der Waals surface area contributed by atoms with Crippen molar-refractivity contribution in [2.45, 2.75) is 31.2 Å². The molecule has 0 aromatic heterocycles. The fraction of sp³-hybridized carbons (Fsp3) is 0.467. The molecule has 0 aliphatic carbocycles. The highest BCUT2D eigenvalue weighted by Crippen LogP contribution is 2.24. The SMILES string of the molecule is CCN(CC(=O)Nc1ccccc1SC)C(C)(C)C(=O)O. The van der Waals surface area contributed by atoms with E-state index in [1.165, 1.54) is 0 Å². The molecule has 1 rings (SSSR count). The molecule has 1 amide bonds. The monoisotopic (exact) mass is 310 g/mol. The van der Waals surface area contributed by atoms with Gasteiger partial charge >= 0.3 is 5.97 Å². The van der Waals surface area contributed by atoms with Crippen molar-refractivity contribution in [3.63, 3.8) is 0 Å². The zero-order valence-electron chi connectivity index (χ0n) is 12.8. The molecule has 5 nitrogen and oxygen atoms in total. The van der Waals surface area contributed by atoms with Crippen LogP contribution >= 0.6 is 11.8 Å². The third-order valence-electron chi connectivity index (χ3n) is 3.41. The predicted molar refractivity (Wildman–Crippen MR) is 85.8 cm³/mol. The molecular weight excluding hydrogens is 288 g/mol. The van der Waals surface area contributed by atoms with Crippen LogP contribution in [0.3, 0.4) is 0 Å². The van der Waals surface area contributed by atoms with Gasteiger partial charge in [-0.1, -0.05) is 19.1 Å². The normalized spacial score (nSPS) is 11.5. The number of carboxylic acid groups (broad SMARTS) is 1. The van der Waals surface area contributed by atoms with Crippen LogP contribution < -0.4 is 5.32 Å². The summed E-state index contributed by atoms with van der Waals surface area (Å²) in [5, 5.41) is 12.1. The molecule has 0 atom stereocenters. The van der Waals surface area contributed by atoms with Crippen LogP contribution in [0.15, 0.2) is 29.2 Å². The highest BCUT2D eigenvalue weighted by molar-refractivity contribution is 7.98. The van der Waals surface area contributed by atoms with Crippen LogP contribution in [0.5, 0.6) is 0 Å². The van der Waals surface area contributed by atoms with Crippen molar-refractivity contribution in [3.8, 4) is 0 Å². The van der Waals surface area contributed by atoms with Gasteiger partial charge in [0.25, 0.3) is 0 Å². The van der Waals surface area contributed by atoms with Crippen molar-refractivity contribution in [2.75, 3.05) is 24.7 Å². The summed E-state index contributed by atoms with van der Waals surface area (Å²) in [7, 11) is 0. The number of hydrogen-bond donors (Lipinski definition) is 2. The Bertz CT molecular complexity index is 517. The van der Waals surface area contributed by atoms with Crippen LogP contribution in [0.4, 0.5) is 5.69 Å². The lowest BCUT2D eigenvalue weighted by atomic mass is 10.0. The van der Waals surface area contributed by atoms with Crippen LogP contribution in [0.2, 0.25) is 0 Å². The van der Waals surface area contributed by atoms with Crippen molar-refractivity contribution in [1.82, 2.24) is 4.90 Å². The Labute approximate surface area is 129 Å². The summed E-state index contributed by atoms with van der Waals surface area (Å²) in [6.45, 7) is 5.56. The molecular formula is C15H22N2O3S. The maximum absolute atomic E-state index is 12.2. The molecule has 0 radical (unpaired) electrons. The summed E-state index contributed by atoms with van der Waals surface area (Å²) in [5.74, 6) is -1.16. The van der Waals surface area contributed by atoms with Crippen molar-refractivity contribution in [1.29, 1.82) is 0 Å². The number of likely N-dealkylation sites (N-methyl/N-ethyl adjacent to an activating group) is 1. The first-order valence-electron chi connectivity index (χ1n) is 6.74. The van der Waals surface area contributed by atoms with Gasteiger partial charge < -0.3 is 10.4 Å². The van der Waals surface area contributed by atoms with Crippen LogP contribution in [0.25, 0.3) is 0 Å². The Morgan fingerprint density at radius 3 is 2.48 bits per heavy atom. The van der Waals surface area contributed by atoms with Crippen LogP contribution in [-0.2, 0) is 9.59 Å². The van der Waals surface area contributed by atoms with E-state index < -0.39 is 11.5 Å². The van der Waals surface area contributed by atoms with Gasteiger partial charge in [-0.05, 0) is 38.8 Å². The number of aliphatic carboxylic acids is 1. The Morgan fingerprint density at radius 1 is 1.33 bits per heavy atom. The fourth-order valence-corrected chi connectivity index (χ4v) is 2.50. The molecule has 0 fully saturated rings. The van der Waals surface area contributed by atoms with E-state index in [9.17, 15) is 14.7 Å². The van der Waals surface area contributed by atoms with E-state index in [1.807, 2.05) is 37.4 Å². The van der Waals surface area contributed by atoms with Gasteiger partial charge in [-0.2, -0.15) is 0 Å². The highest BCUT2D eigenvalue weighted by Gasteiger charge is 2.34. The maximum Gasteiger partial charge on any atom is 0.323 e. The standard InChI is InChI=1S/C15H22N2O3S/c1-5-17(15(2,3)14(19)20)10-13(18)16-11-8-6-7-9-12(11)21-4/h6-9H,5,10H2,1-4H3,(H,16,18)(H,19,20). The minimum absolute atomic E-state index is 0.0402. The number of carbonyl (C=O) groups excluding carboxylic acids is 1. The summed E-state index contributed by atoms with van der Waals surface area (Å²) >= 11 is 1.55.